The third-order valence-corrected chi connectivity index (χ3v) is 3.70. The predicted octanol–water partition coefficient (Wildman–Crippen LogP) is 2.86. The number of hydrogen-bond acceptors (Lipinski definition) is 3. The van der Waals surface area contributed by atoms with Crippen LogP contribution in [0.2, 0.25) is 0 Å². The van der Waals surface area contributed by atoms with Gasteiger partial charge in [-0.1, -0.05) is 18.2 Å². The van der Waals surface area contributed by atoms with E-state index in [-0.39, 0.29) is 6.61 Å². The van der Waals surface area contributed by atoms with Crippen LogP contribution in [-0.4, -0.2) is 28.2 Å². The van der Waals surface area contributed by atoms with Crippen molar-refractivity contribution < 1.29 is 9.52 Å². The molecular weight excluding hydrogens is 264 g/mol. The van der Waals surface area contributed by atoms with E-state index in [0.717, 1.165) is 25.4 Å². The van der Waals surface area contributed by atoms with E-state index in [4.69, 9.17) is 9.52 Å². The number of nitrogens with zero attached hydrogens (tertiary/aromatic N) is 2. The van der Waals surface area contributed by atoms with Gasteiger partial charge >= 0.3 is 0 Å². The molecule has 0 aliphatic rings. The van der Waals surface area contributed by atoms with Crippen molar-refractivity contribution in [2.75, 3.05) is 13.6 Å². The van der Waals surface area contributed by atoms with Gasteiger partial charge in [0.05, 0.1) is 6.54 Å². The van der Waals surface area contributed by atoms with Gasteiger partial charge in [-0.25, -0.2) is 0 Å². The third kappa shape index (κ3) is 3.17. The Morgan fingerprint density at radius 3 is 2.71 bits per heavy atom. The number of rotatable bonds is 6. The van der Waals surface area contributed by atoms with Gasteiger partial charge in [-0.05, 0) is 36.7 Å². The lowest BCUT2D eigenvalue weighted by atomic mass is 10.2. The molecule has 0 saturated heterocycles. The molecule has 2 heterocycles. The molecule has 1 aromatic carbocycles. The van der Waals surface area contributed by atoms with Crippen LogP contribution in [0.1, 0.15) is 11.5 Å². The maximum atomic E-state index is 9.00. The number of benzene rings is 1. The second-order valence-electron chi connectivity index (χ2n) is 5.33. The smallest absolute Gasteiger partial charge is 0.129 e. The Morgan fingerprint density at radius 2 is 1.90 bits per heavy atom. The van der Waals surface area contributed by atoms with Crippen LogP contribution < -0.4 is 0 Å². The Hall–Kier alpha value is -2.04. The van der Waals surface area contributed by atoms with Crippen LogP contribution >= 0.6 is 0 Å². The molecule has 0 fully saturated rings. The van der Waals surface area contributed by atoms with Gasteiger partial charge in [0.1, 0.15) is 18.1 Å². The van der Waals surface area contributed by atoms with E-state index in [1.807, 2.05) is 12.1 Å². The highest BCUT2D eigenvalue weighted by molar-refractivity contribution is 5.79. The molecule has 3 aromatic rings. The van der Waals surface area contributed by atoms with Crippen molar-refractivity contribution in [1.29, 1.82) is 0 Å². The van der Waals surface area contributed by atoms with Crippen LogP contribution in [0.3, 0.4) is 0 Å². The van der Waals surface area contributed by atoms with E-state index in [9.17, 15) is 0 Å². The minimum Gasteiger partial charge on any atom is -0.462 e. The van der Waals surface area contributed by atoms with Crippen LogP contribution in [0, 0.1) is 0 Å². The maximum Gasteiger partial charge on any atom is 0.129 e. The predicted molar refractivity (Wildman–Crippen MR) is 82.9 cm³/mol. The Kier molecular flexibility index (Phi) is 4.08. The van der Waals surface area contributed by atoms with Gasteiger partial charge in [-0.2, -0.15) is 0 Å². The first-order valence-electron chi connectivity index (χ1n) is 7.17. The van der Waals surface area contributed by atoms with Crippen molar-refractivity contribution in [2.24, 2.45) is 0 Å². The summed E-state index contributed by atoms with van der Waals surface area (Å²) in [6.07, 6.45) is 2.13. The van der Waals surface area contributed by atoms with Gasteiger partial charge in [0.15, 0.2) is 0 Å². The van der Waals surface area contributed by atoms with Crippen LogP contribution in [0.15, 0.2) is 53.1 Å². The van der Waals surface area contributed by atoms with Crippen molar-refractivity contribution in [3.05, 3.63) is 60.2 Å². The van der Waals surface area contributed by atoms with Gasteiger partial charge in [-0.3, -0.25) is 4.90 Å². The van der Waals surface area contributed by atoms with E-state index in [2.05, 4.69) is 53.0 Å². The minimum atomic E-state index is -0.0426. The fraction of sp³-hybridized carbons (Fsp3) is 0.294. The summed E-state index contributed by atoms with van der Waals surface area (Å²) in [6.45, 7) is 2.59. The zero-order valence-electron chi connectivity index (χ0n) is 12.2. The molecule has 4 heteroatoms. The Labute approximate surface area is 124 Å². The molecular formula is C17H20N2O2. The van der Waals surface area contributed by atoms with Crippen molar-refractivity contribution in [3.8, 4) is 0 Å². The molecule has 110 valence electrons. The van der Waals surface area contributed by atoms with Crippen LogP contribution in [-0.2, 0) is 19.7 Å². The molecule has 0 atom stereocenters. The molecule has 0 aliphatic carbocycles. The van der Waals surface area contributed by atoms with Crippen LogP contribution in [0.25, 0.3) is 10.9 Å². The largest absolute Gasteiger partial charge is 0.462 e. The Morgan fingerprint density at radius 1 is 1.10 bits per heavy atom. The summed E-state index contributed by atoms with van der Waals surface area (Å²) in [5, 5.41) is 10.3. The molecule has 0 spiro atoms. The van der Waals surface area contributed by atoms with Crippen molar-refractivity contribution in [3.63, 3.8) is 0 Å². The standard InChI is InChI=1S/C17H20N2O2/c1-18(12-15-6-7-16(13-20)21-15)10-11-19-9-8-14-4-2-3-5-17(14)19/h2-9,20H,10-13H2,1H3. The lowest BCUT2D eigenvalue weighted by molar-refractivity contribution is 0.231. The second kappa shape index (κ2) is 6.16. The molecule has 0 unspecified atom stereocenters. The van der Waals surface area contributed by atoms with E-state index in [1.165, 1.54) is 10.9 Å². The molecule has 1 N–H and O–H groups in total. The zero-order valence-corrected chi connectivity index (χ0v) is 12.2. The van der Waals surface area contributed by atoms with Crippen molar-refractivity contribution in [1.82, 2.24) is 9.47 Å². The van der Waals surface area contributed by atoms with Crippen molar-refractivity contribution in [2.45, 2.75) is 19.7 Å². The molecule has 0 radical (unpaired) electrons. The van der Waals surface area contributed by atoms with Crippen LogP contribution in [0.4, 0.5) is 0 Å². The quantitative estimate of drug-likeness (QED) is 0.757. The lowest BCUT2D eigenvalue weighted by Crippen LogP contribution is -2.22. The van der Waals surface area contributed by atoms with Crippen LogP contribution in [0.5, 0.6) is 0 Å². The first kappa shape index (κ1) is 13.9. The first-order valence-corrected chi connectivity index (χ1v) is 7.17. The molecule has 0 saturated carbocycles. The van der Waals surface area contributed by atoms with E-state index >= 15 is 0 Å². The van der Waals surface area contributed by atoms with E-state index in [0.29, 0.717) is 5.76 Å². The topological polar surface area (TPSA) is 41.5 Å². The number of aliphatic hydroxyl groups excluding tert-OH is 1. The second-order valence-corrected chi connectivity index (χ2v) is 5.33. The summed E-state index contributed by atoms with van der Waals surface area (Å²) < 4.78 is 7.78. The minimum absolute atomic E-state index is 0.0426. The summed E-state index contributed by atoms with van der Waals surface area (Å²) >= 11 is 0. The number of likely N-dealkylation sites (N-methyl/N-ethyl adjacent to an activating group) is 1. The number of para-hydroxylation sites is 1. The summed E-state index contributed by atoms with van der Waals surface area (Å²) in [5.41, 5.74) is 1.27. The molecule has 2 aromatic heterocycles. The van der Waals surface area contributed by atoms with Crippen molar-refractivity contribution >= 4 is 10.9 Å². The number of hydrogen-bond donors (Lipinski definition) is 1. The number of aliphatic hydroxyl groups is 1. The fourth-order valence-electron chi connectivity index (χ4n) is 2.55. The fourth-order valence-corrected chi connectivity index (χ4v) is 2.55. The monoisotopic (exact) mass is 284 g/mol. The average Bonchev–Trinajstić information content (AvgIpc) is 3.11. The molecule has 4 nitrogen and oxygen atoms in total. The molecule has 0 amide bonds. The lowest BCUT2D eigenvalue weighted by Gasteiger charge is -2.16. The summed E-state index contributed by atoms with van der Waals surface area (Å²) in [4.78, 5) is 2.22. The Bertz CT molecular complexity index is 714. The SMILES string of the molecule is CN(CCn1ccc2ccccc21)Cc1ccc(CO)o1. The molecule has 3 rings (SSSR count). The number of fused-ring (bicyclic) bond motifs is 1. The Balaban J connectivity index is 1.59. The van der Waals surface area contributed by atoms with E-state index < -0.39 is 0 Å². The van der Waals surface area contributed by atoms with Gasteiger partial charge in [-0.15, -0.1) is 0 Å². The molecule has 21 heavy (non-hydrogen) atoms. The summed E-state index contributed by atoms with van der Waals surface area (Å²) in [6, 6.07) is 14.3. The first-order chi connectivity index (χ1) is 10.3. The number of aromatic nitrogens is 1. The van der Waals surface area contributed by atoms with Gasteiger partial charge < -0.3 is 14.1 Å². The highest BCUT2D eigenvalue weighted by Crippen LogP contribution is 2.15. The molecule has 0 bridgehead atoms. The summed E-state index contributed by atoms with van der Waals surface area (Å²) in [7, 11) is 2.08. The highest BCUT2D eigenvalue weighted by Gasteiger charge is 2.06. The van der Waals surface area contributed by atoms with Gasteiger partial charge in [0.25, 0.3) is 0 Å². The molecule has 0 aliphatic heterocycles. The maximum absolute atomic E-state index is 9.00. The summed E-state index contributed by atoms with van der Waals surface area (Å²) in [5.74, 6) is 1.51. The van der Waals surface area contributed by atoms with Gasteiger partial charge in [0.2, 0.25) is 0 Å². The zero-order chi connectivity index (χ0) is 14.7. The number of furan rings is 1. The van der Waals surface area contributed by atoms with Gasteiger partial charge in [0, 0.05) is 24.8 Å². The van der Waals surface area contributed by atoms with E-state index in [1.54, 1.807) is 0 Å². The highest BCUT2D eigenvalue weighted by atomic mass is 16.4. The third-order valence-electron chi connectivity index (χ3n) is 3.70. The average molecular weight is 284 g/mol. The normalized spacial score (nSPS) is 11.6.